The van der Waals surface area contributed by atoms with Crippen molar-refractivity contribution in [3.05, 3.63) is 59.7 Å². The highest BCUT2D eigenvalue weighted by molar-refractivity contribution is 5.83. The van der Waals surface area contributed by atoms with E-state index in [9.17, 15) is 0 Å². The fraction of sp³-hybridized carbons (Fsp3) is 0.250. The molecule has 0 aliphatic heterocycles. The van der Waals surface area contributed by atoms with Crippen LogP contribution in [0.1, 0.15) is 30.0 Å². The minimum absolute atomic E-state index is 0.226. The largest absolute Gasteiger partial charge is 0.496 e. The number of benzene rings is 2. The summed E-state index contributed by atoms with van der Waals surface area (Å²) < 4.78 is 5.59. The Bertz CT molecular complexity index is 877. The summed E-state index contributed by atoms with van der Waals surface area (Å²) in [5.74, 6) is 1.84. The highest BCUT2D eigenvalue weighted by Crippen LogP contribution is 2.38. The Morgan fingerprint density at radius 1 is 1.17 bits per heavy atom. The number of nitrogens with one attached hydrogen (secondary N) is 1. The SMILES string of the molecule is COc1cccc2c1C(Nc1ccc3cc(N)ccc3n1)CCC2. The first-order chi connectivity index (χ1) is 11.7. The van der Waals surface area contributed by atoms with Crippen LogP contribution in [0.4, 0.5) is 11.5 Å². The quantitative estimate of drug-likeness (QED) is 0.706. The van der Waals surface area contributed by atoms with Crippen molar-refractivity contribution in [3.8, 4) is 5.75 Å². The summed E-state index contributed by atoms with van der Waals surface area (Å²) in [4.78, 5) is 4.73. The first kappa shape index (κ1) is 14.8. The first-order valence-electron chi connectivity index (χ1n) is 8.33. The summed E-state index contributed by atoms with van der Waals surface area (Å²) in [5.41, 5.74) is 10.2. The summed E-state index contributed by atoms with van der Waals surface area (Å²) in [6.45, 7) is 0. The molecule has 1 heterocycles. The van der Waals surface area contributed by atoms with Crippen LogP contribution < -0.4 is 15.8 Å². The predicted octanol–water partition coefficient (Wildman–Crippen LogP) is 4.32. The monoisotopic (exact) mass is 319 g/mol. The fourth-order valence-electron chi connectivity index (χ4n) is 3.57. The zero-order chi connectivity index (χ0) is 16.5. The molecule has 3 aromatic rings. The second kappa shape index (κ2) is 6.04. The highest BCUT2D eigenvalue weighted by Gasteiger charge is 2.24. The Labute approximate surface area is 141 Å². The third kappa shape index (κ3) is 2.64. The van der Waals surface area contributed by atoms with Gasteiger partial charge in [0.1, 0.15) is 11.6 Å². The number of anilines is 2. The number of ether oxygens (including phenoxy) is 1. The second-order valence-corrected chi connectivity index (χ2v) is 6.27. The van der Waals surface area contributed by atoms with Crippen molar-refractivity contribution in [1.82, 2.24) is 4.98 Å². The molecule has 0 spiro atoms. The van der Waals surface area contributed by atoms with Gasteiger partial charge in [-0.1, -0.05) is 12.1 Å². The molecule has 1 aliphatic carbocycles. The van der Waals surface area contributed by atoms with Gasteiger partial charge in [0, 0.05) is 16.6 Å². The van der Waals surface area contributed by atoms with E-state index >= 15 is 0 Å². The maximum absolute atomic E-state index is 5.84. The van der Waals surface area contributed by atoms with Gasteiger partial charge in [-0.3, -0.25) is 0 Å². The van der Waals surface area contributed by atoms with Crippen LogP contribution in [0.15, 0.2) is 48.5 Å². The van der Waals surface area contributed by atoms with Crippen molar-refractivity contribution in [3.63, 3.8) is 0 Å². The molecule has 0 saturated carbocycles. The van der Waals surface area contributed by atoms with Gasteiger partial charge in [-0.05, 0) is 61.2 Å². The Kier molecular flexibility index (Phi) is 3.73. The molecule has 4 rings (SSSR count). The first-order valence-corrected chi connectivity index (χ1v) is 8.33. The topological polar surface area (TPSA) is 60.2 Å². The molecule has 0 bridgehead atoms. The van der Waals surface area contributed by atoms with Crippen LogP contribution in [0.2, 0.25) is 0 Å². The van der Waals surface area contributed by atoms with Gasteiger partial charge in [0.25, 0.3) is 0 Å². The molecule has 122 valence electrons. The van der Waals surface area contributed by atoms with Crippen LogP contribution in [-0.2, 0) is 6.42 Å². The van der Waals surface area contributed by atoms with E-state index in [0.29, 0.717) is 0 Å². The maximum atomic E-state index is 5.84. The molecule has 0 radical (unpaired) electrons. The molecule has 4 nitrogen and oxygen atoms in total. The van der Waals surface area contributed by atoms with E-state index in [1.165, 1.54) is 17.5 Å². The van der Waals surface area contributed by atoms with Gasteiger partial charge >= 0.3 is 0 Å². The lowest BCUT2D eigenvalue weighted by molar-refractivity contribution is 0.401. The minimum atomic E-state index is 0.226. The molecule has 1 unspecified atom stereocenters. The van der Waals surface area contributed by atoms with Crippen molar-refractivity contribution < 1.29 is 4.74 Å². The molecular weight excluding hydrogens is 298 g/mol. The number of pyridine rings is 1. The van der Waals surface area contributed by atoms with Crippen LogP contribution in [-0.4, -0.2) is 12.1 Å². The van der Waals surface area contributed by atoms with Gasteiger partial charge in [-0.25, -0.2) is 4.98 Å². The highest BCUT2D eigenvalue weighted by atomic mass is 16.5. The minimum Gasteiger partial charge on any atom is -0.496 e. The van der Waals surface area contributed by atoms with Crippen LogP contribution >= 0.6 is 0 Å². The van der Waals surface area contributed by atoms with Gasteiger partial charge < -0.3 is 15.8 Å². The zero-order valence-corrected chi connectivity index (χ0v) is 13.8. The number of rotatable bonds is 3. The molecule has 2 aromatic carbocycles. The lowest BCUT2D eigenvalue weighted by Crippen LogP contribution is -2.19. The molecular formula is C20H21N3O. The van der Waals surface area contributed by atoms with Crippen LogP contribution in [0.3, 0.4) is 0 Å². The van der Waals surface area contributed by atoms with Gasteiger partial charge in [-0.2, -0.15) is 0 Å². The van der Waals surface area contributed by atoms with E-state index in [1.54, 1.807) is 7.11 Å². The van der Waals surface area contributed by atoms with Crippen molar-refractivity contribution in [1.29, 1.82) is 0 Å². The van der Waals surface area contributed by atoms with E-state index in [0.717, 1.165) is 41.0 Å². The smallest absolute Gasteiger partial charge is 0.127 e. The van der Waals surface area contributed by atoms with E-state index in [2.05, 4.69) is 23.5 Å². The van der Waals surface area contributed by atoms with Crippen molar-refractivity contribution >= 4 is 22.4 Å². The van der Waals surface area contributed by atoms with Gasteiger partial charge in [0.15, 0.2) is 0 Å². The average molecular weight is 319 g/mol. The standard InChI is InChI=1S/C20H21N3O/c1-24-18-7-3-5-13-4-2-6-17(20(13)18)23-19-11-8-14-12-15(21)9-10-16(14)22-19/h3,5,7-12,17H,2,4,6,21H2,1H3,(H,22,23). The Hall–Kier alpha value is -2.75. The van der Waals surface area contributed by atoms with Gasteiger partial charge in [0.05, 0.1) is 18.7 Å². The number of hydrogen-bond acceptors (Lipinski definition) is 4. The predicted molar refractivity (Wildman–Crippen MR) is 98.5 cm³/mol. The summed E-state index contributed by atoms with van der Waals surface area (Å²) in [6.07, 6.45) is 3.35. The van der Waals surface area contributed by atoms with Crippen molar-refractivity contribution in [2.45, 2.75) is 25.3 Å². The molecule has 0 saturated heterocycles. The summed E-state index contributed by atoms with van der Waals surface area (Å²) >= 11 is 0. The van der Waals surface area contributed by atoms with Crippen LogP contribution in [0.25, 0.3) is 10.9 Å². The Balaban J connectivity index is 1.68. The van der Waals surface area contributed by atoms with Crippen molar-refractivity contribution in [2.75, 3.05) is 18.2 Å². The van der Waals surface area contributed by atoms with E-state index in [-0.39, 0.29) is 6.04 Å². The number of aryl methyl sites for hydroxylation is 1. The lowest BCUT2D eigenvalue weighted by atomic mass is 9.87. The molecule has 24 heavy (non-hydrogen) atoms. The Morgan fingerprint density at radius 2 is 2.08 bits per heavy atom. The molecule has 1 aromatic heterocycles. The molecule has 4 heteroatoms. The van der Waals surface area contributed by atoms with E-state index in [1.807, 2.05) is 30.3 Å². The van der Waals surface area contributed by atoms with Gasteiger partial charge in [0.2, 0.25) is 0 Å². The Morgan fingerprint density at radius 3 is 2.96 bits per heavy atom. The summed E-state index contributed by atoms with van der Waals surface area (Å²) in [6, 6.07) is 16.4. The van der Waals surface area contributed by atoms with E-state index in [4.69, 9.17) is 15.5 Å². The van der Waals surface area contributed by atoms with E-state index < -0.39 is 0 Å². The molecule has 0 fully saturated rings. The maximum Gasteiger partial charge on any atom is 0.127 e. The lowest BCUT2D eigenvalue weighted by Gasteiger charge is -2.28. The molecule has 1 atom stereocenters. The van der Waals surface area contributed by atoms with Crippen LogP contribution in [0, 0.1) is 0 Å². The average Bonchev–Trinajstić information content (AvgIpc) is 2.61. The number of methoxy groups -OCH3 is 1. The summed E-state index contributed by atoms with van der Waals surface area (Å²) in [5, 5.41) is 4.65. The third-order valence-electron chi connectivity index (χ3n) is 4.70. The number of nitrogens with two attached hydrogens (primary N) is 1. The fourth-order valence-corrected chi connectivity index (χ4v) is 3.57. The van der Waals surface area contributed by atoms with Crippen molar-refractivity contribution in [2.24, 2.45) is 0 Å². The number of hydrogen-bond donors (Lipinski definition) is 2. The molecule has 3 N–H and O–H groups in total. The summed E-state index contributed by atoms with van der Waals surface area (Å²) in [7, 11) is 1.74. The van der Waals surface area contributed by atoms with Crippen LogP contribution in [0.5, 0.6) is 5.75 Å². The molecule has 1 aliphatic rings. The van der Waals surface area contributed by atoms with Gasteiger partial charge in [-0.15, -0.1) is 0 Å². The second-order valence-electron chi connectivity index (χ2n) is 6.27. The number of nitrogen functional groups attached to an aromatic ring is 1. The number of nitrogens with zero attached hydrogens (tertiary/aromatic N) is 1. The zero-order valence-electron chi connectivity index (χ0n) is 13.8. The third-order valence-corrected chi connectivity index (χ3v) is 4.70. The number of aromatic nitrogens is 1. The normalized spacial score (nSPS) is 16.6. The molecule has 0 amide bonds. The number of fused-ring (bicyclic) bond motifs is 2.